The molecule has 0 aliphatic rings. The summed E-state index contributed by atoms with van der Waals surface area (Å²) in [5.41, 5.74) is 2.90. The lowest BCUT2D eigenvalue weighted by Gasteiger charge is -2.17. The van der Waals surface area contributed by atoms with E-state index in [1.165, 1.54) is 0 Å². The zero-order chi connectivity index (χ0) is 26.2. The molecule has 0 aliphatic carbocycles. The van der Waals surface area contributed by atoms with Gasteiger partial charge in [-0.1, -0.05) is 90.5 Å². The van der Waals surface area contributed by atoms with Crippen LogP contribution in [0.2, 0.25) is 5.02 Å². The highest BCUT2D eigenvalue weighted by molar-refractivity contribution is 7.15. The third kappa shape index (κ3) is 6.25. The minimum Gasteiger partial charge on any atom is -0.462 e. The Kier molecular flexibility index (Phi) is 8.72. The molecule has 188 valence electrons. The van der Waals surface area contributed by atoms with E-state index in [0.29, 0.717) is 16.1 Å². The lowest BCUT2D eigenvalue weighted by Crippen LogP contribution is -2.25. The molecule has 37 heavy (non-hydrogen) atoms. The summed E-state index contributed by atoms with van der Waals surface area (Å²) in [6, 6.07) is 25.6. The maximum Gasteiger partial charge on any atom is 0.341 e. The fourth-order valence-electron chi connectivity index (χ4n) is 3.87. The molecule has 0 unspecified atom stereocenters. The van der Waals surface area contributed by atoms with Crippen LogP contribution in [0.3, 0.4) is 0 Å². The molecule has 8 heteroatoms. The normalized spacial score (nSPS) is 10.7. The van der Waals surface area contributed by atoms with Crippen molar-refractivity contribution >= 4 is 45.8 Å². The molecule has 1 amide bonds. The number of nitrogens with one attached hydrogen (secondary N) is 1. The van der Waals surface area contributed by atoms with Crippen LogP contribution >= 0.6 is 22.9 Å². The van der Waals surface area contributed by atoms with Gasteiger partial charge < -0.3 is 14.8 Å². The fraction of sp³-hybridized carbons (Fsp3) is 0.138. The predicted octanol–water partition coefficient (Wildman–Crippen LogP) is 6.56. The molecule has 6 nitrogen and oxygen atoms in total. The first-order valence-electron chi connectivity index (χ1n) is 11.6. The van der Waals surface area contributed by atoms with Crippen molar-refractivity contribution in [1.82, 2.24) is 0 Å². The van der Waals surface area contributed by atoms with Crippen molar-refractivity contribution in [2.24, 2.45) is 0 Å². The van der Waals surface area contributed by atoms with Crippen LogP contribution in [0.4, 0.5) is 5.00 Å². The lowest BCUT2D eigenvalue weighted by atomic mass is 9.91. The smallest absolute Gasteiger partial charge is 0.341 e. The van der Waals surface area contributed by atoms with Gasteiger partial charge in [0.25, 0.3) is 5.91 Å². The highest BCUT2D eigenvalue weighted by Gasteiger charge is 2.27. The van der Waals surface area contributed by atoms with E-state index in [-0.39, 0.29) is 17.2 Å². The van der Waals surface area contributed by atoms with E-state index >= 15 is 0 Å². The fourth-order valence-corrected chi connectivity index (χ4v) is 5.07. The second-order valence-corrected chi connectivity index (χ2v) is 9.25. The predicted molar refractivity (Wildman–Crippen MR) is 145 cm³/mol. The van der Waals surface area contributed by atoms with Crippen LogP contribution in [-0.2, 0) is 19.1 Å². The number of esters is 2. The van der Waals surface area contributed by atoms with Crippen LogP contribution in [0.25, 0.3) is 11.1 Å². The maximum atomic E-state index is 13.1. The molecule has 0 bridgehead atoms. The number of hydrogen-bond donors (Lipinski definition) is 1. The molecule has 1 aromatic heterocycles. The van der Waals surface area contributed by atoms with E-state index in [2.05, 4.69) is 5.32 Å². The molecule has 0 saturated heterocycles. The molecule has 3 aromatic carbocycles. The minimum atomic E-state index is -0.682. The summed E-state index contributed by atoms with van der Waals surface area (Å²) in [5, 5.41) is 5.18. The summed E-state index contributed by atoms with van der Waals surface area (Å²) in [6.07, 6.45) is 0. The van der Waals surface area contributed by atoms with Crippen molar-refractivity contribution in [2.75, 3.05) is 18.5 Å². The van der Waals surface area contributed by atoms with Crippen LogP contribution in [0.5, 0.6) is 0 Å². The monoisotopic (exact) mass is 533 g/mol. The third-order valence-electron chi connectivity index (χ3n) is 5.53. The Morgan fingerprint density at radius 3 is 2.03 bits per heavy atom. The van der Waals surface area contributed by atoms with E-state index in [0.717, 1.165) is 22.5 Å². The summed E-state index contributed by atoms with van der Waals surface area (Å²) in [5.74, 6) is -2.40. The van der Waals surface area contributed by atoms with Gasteiger partial charge in [-0.15, -0.1) is 11.3 Å². The van der Waals surface area contributed by atoms with Crippen molar-refractivity contribution in [2.45, 2.75) is 12.8 Å². The second-order valence-electron chi connectivity index (χ2n) is 7.96. The minimum absolute atomic E-state index is 0.169. The van der Waals surface area contributed by atoms with Gasteiger partial charge in [-0.3, -0.25) is 9.59 Å². The third-order valence-corrected chi connectivity index (χ3v) is 6.76. The zero-order valence-corrected chi connectivity index (χ0v) is 21.6. The van der Waals surface area contributed by atoms with E-state index in [1.807, 2.05) is 60.7 Å². The highest BCUT2D eigenvalue weighted by atomic mass is 35.5. The van der Waals surface area contributed by atoms with E-state index < -0.39 is 30.4 Å². The van der Waals surface area contributed by atoms with Crippen LogP contribution in [0.1, 0.15) is 34.3 Å². The van der Waals surface area contributed by atoms with Gasteiger partial charge >= 0.3 is 11.9 Å². The molecule has 0 aliphatic heterocycles. The van der Waals surface area contributed by atoms with Crippen LogP contribution in [-0.4, -0.2) is 31.1 Å². The van der Waals surface area contributed by atoms with E-state index in [1.54, 1.807) is 36.6 Å². The van der Waals surface area contributed by atoms with Crippen LogP contribution in [0.15, 0.2) is 90.3 Å². The van der Waals surface area contributed by atoms with E-state index in [4.69, 9.17) is 21.1 Å². The Bertz CT molecular complexity index is 1350. The Morgan fingerprint density at radius 2 is 1.43 bits per heavy atom. The summed E-state index contributed by atoms with van der Waals surface area (Å²) in [6.45, 7) is 1.35. The zero-order valence-electron chi connectivity index (χ0n) is 20.0. The van der Waals surface area contributed by atoms with Crippen molar-refractivity contribution in [1.29, 1.82) is 0 Å². The molecular formula is C29H24ClNO5S. The number of benzene rings is 3. The van der Waals surface area contributed by atoms with Gasteiger partial charge in [0.15, 0.2) is 6.61 Å². The number of thiophene rings is 1. The van der Waals surface area contributed by atoms with Gasteiger partial charge in [-0.25, -0.2) is 4.79 Å². The van der Waals surface area contributed by atoms with Crippen molar-refractivity contribution in [3.8, 4) is 11.1 Å². The van der Waals surface area contributed by atoms with Crippen LogP contribution < -0.4 is 5.32 Å². The number of carbonyl (C=O) groups is 3. The number of ether oxygens (including phenoxy) is 2. The van der Waals surface area contributed by atoms with Gasteiger partial charge in [-0.05, 0) is 24.1 Å². The molecule has 0 saturated carbocycles. The molecule has 4 aromatic rings. The summed E-state index contributed by atoms with van der Waals surface area (Å²) < 4.78 is 10.6. The molecule has 1 N–H and O–H groups in total. The second kappa shape index (κ2) is 12.3. The number of rotatable bonds is 9. The quantitative estimate of drug-likeness (QED) is 0.246. The summed E-state index contributed by atoms with van der Waals surface area (Å²) in [4.78, 5) is 38.7. The number of amides is 1. The van der Waals surface area contributed by atoms with Crippen molar-refractivity contribution in [3.05, 3.63) is 112 Å². The van der Waals surface area contributed by atoms with Gasteiger partial charge in [-0.2, -0.15) is 0 Å². The molecule has 0 spiro atoms. The van der Waals surface area contributed by atoms with Gasteiger partial charge in [0, 0.05) is 21.5 Å². The summed E-state index contributed by atoms with van der Waals surface area (Å²) in [7, 11) is 0. The number of hydrogen-bond acceptors (Lipinski definition) is 6. The Morgan fingerprint density at radius 1 is 0.838 bits per heavy atom. The van der Waals surface area contributed by atoms with E-state index in [9.17, 15) is 14.4 Å². The number of halogens is 1. The van der Waals surface area contributed by atoms with Crippen LogP contribution in [0, 0.1) is 0 Å². The molecule has 0 radical (unpaired) electrons. The SMILES string of the molecule is CCOC(=O)c1c(-c2ccccc2Cl)csc1NC(=O)COC(=O)C(c1ccccc1)c1ccccc1. The van der Waals surface area contributed by atoms with Crippen molar-refractivity contribution in [3.63, 3.8) is 0 Å². The number of carbonyl (C=O) groups excluding carboxylic acids is 3. The molecule has 1 heterocycles. The van der Waals surface area contributed by atoms with Gasteiger partial charge in [0.05, 0.1) is 6.61 Å². The average molecular weight is 534 g/mol. The first kappa shape index (κ1) is 26.1. The average Bonchev–Trinajstić information content (AvgIpc) is 3.32. The highest BCUT2D eigenvalue weighted by Crippen LogP contribution is 2.39. The molecular weight excluding hydrogens is 510 g/mol. The number of anilines is 1. The van der Waals surface area contributed by atoms with Gasteiger partial charge in [0.2, 0.25) is 0 Å². The lowest BCUT2D eigenvalue weighted by molar-refractivity contribution is -0.147. The van der Waals surface area contributed by atoms with Crippen molar-refractivity contribution < 1.29 is 23.9 Å². The van der Waals surface area contributed by atoms with Gasteiger partial charge in [0.1, 0.15) is 16.5 Å². The standard InChI is InChI=1S/C29H24ClNO5S/c1-2-35-29(34)26-22(21-15-9-10-16-23(21)30)18-37-27(26)31-24(32)17-36-28(33)25(19-11-5-3-6-12-19)20-13-7-4-8-14-20/h3-16,18,25H,2,17H2,1H3,(H,31,32). The molecule has 0 fully saturated rings. The molecule has 4 rings (SSSR count). The Hall–Kier alpha value is -3.94. The largest absolute Gasteiger partial charge is 0.462 e. The Labute approximate surface area is 223 Å². The topological polar surface area (TPSA) is 81.7 Å². The maximum absolute atomic E-state index is 13.1. The molecule has 0 atom stereocenters. The Balaban J connectivity index is 1.52. The first-order chi connectivity index (χ1) is 18.0. The first-order valence-corrected chi connectivity index (χ1v) is 12.8. The summed E-state index contributed by atoms with van der Waals surface area (Å²) >= 11 is 7.52.